The maximum absolute atomic E-state index is 10.7. The Morgan fingerprint density at radius 3 is 2.08 bits per heavy atom. The first-order valence-corrected chi connectivity index (χ1v) is 4.25. The van der Waals surface area contributed by atoms with Crippen molar-refractivity contribution in [2.24, 2.45) is 17.3 Å². The summed E-state index contributed by atoms with van der Waals surface area (Å²) < 4.78 is 0. The van der Waals surface area contributed by atoms with Crippen molar-refractivity contribution in [3.63, 3.8) is 0 Å². The van der Waals surface area contributed by atoms with Gasteiger partial charge in [-0.25, -0.2) is 0 Å². The summed E-state index contributed by atoms with van der Waals surface area (Å²) in [7, 11) is 0. The molecule has 2 nitrogen and oxygen atoms in total. The van der Waals surface area contributed by atoms with Gasteiger partial charge in [-0.1, -0.05) is 25.5 Å². The molecule has 2 atom stereocenters. The fraction of sp³-hybridized carbons (Fsp3) is 0.700. The number of hydrogen-bond acceptors (Lipinski definition) is 1. The third kappa shape index (κ3) is 2.58. The van der Waals surface area contributed by atoms with E-state index >= 15 is 0 Å². The Kier molecular flexibility index (Phi) is 4.23. The van der Waals surface area contributed by atoms with E-state index in [0.29, 0.717) is 0 Å². The third-order valence-electron chi connectivity index (χ3n) is 2.69. The van der Waals surface area contributed by atoms with Crippen LogP contribution in [-0.2, 0) is 4.79 Å². The number of rotatable bonds is 2. The molecule has 1 N–H and O–H groups in total. The van der Waals surface area contributed by atoms with E-state index in [1.807, 2.05) is 27.7 Å². The van der Waals surface area contributed by atoms with Crippen molar-refractivity contribution in [3.05, 3.63) is 11.6 Å². The quantitative estimate of drug-likeness (QED) is 0.533. The van der Waals surface area contributed by atoms with Gasteiger partial charge in [0.05, 0.1) is 5.92 Å². The van der Waals surface area contributed by atoms with Gasteiger partial charge in [0, 0.05) is 0 Å². The van der Waals surface area contributed by atoms with E-state index in [1.54, 1.807) is 0 Å². The van der Waals surface area contributed by atoms with Crippen molar-refractivity contribution in [2.75, 3.05) is 0 Å². The van der Waals surface area contributed by atoms with Crippen molar-refractivity contribution >= 4 is 35.5 Å². The normalized spacial score (nSPS) is 28.6. The van der Waals surface area contributed by atoms with Gasteiger partial charge in [0.2, 0.25) is 0 Å². The van der Waals surface area contributed by atoms with Crippen LogP contribution >= 0.6 is 0 Å². The Balaban J connectivity index is 0.00000144. The van der Waals surface area contributed by atoms with Crippen LogP contribution in [0, 0.1) is 17.3 Å². The minimum absolute atomic E-state index is 0. The molecule has 0 aromatic rings. The number of allylic oxidation sites excluding steroid dienone is 2. The van der Waals surface area contributed by atoms with Crippen molar-refractivity contribution in [1.29, 1.82) is 0 Å². The number of carboxylic acid groups (broad SMARTS) is 1. The minimum atomic E-state index is -0.664. The van der Waals surface area contributed by atoms with Gasteiger partial charge in [-0.3, -0.25) is 4.79 Å². The predicted molar refractivity (Wildman–Crippen MR) is 55.0 cm³/mol. The summed E-state index contributed by atoms with van der Waals surface area (Å²) in [4.78, 5) is 10.7. The van der Waals surface area contributed by atoms with E-state index in [0.717, 1.165) is 0 Å². The molecular weight excluding hydrogens is 175 g/mol. The summed E-state index contributed by atoms with van der Waals surface area (Å²) in [6.45, 7) is 8.03. The van der Waals surface area contributed by atoms with E-state index in [2.05, 4.69) is 6.08 Å². The first-order valence-electron chi connectivity index (χ1n) is 4.25. The number of aliphatic carboxylic acids is 1. The van der Waals surface area contributed by atoms with Crippen LogP contribution in [0.15, 0.2) is 11.6 Å². The molecule has 0 aromatic heterocycles. The number of hydrogen-bond donors (Lipinski definition) is 1. The fourth-order valence-electron chi connectivity index (χ4n) is 1.82. The van der Waals surface area contributed by atoms with Gasteiger partial charge in [0.1, 0.15) is 0 Å². The zero-order chi connectivity index (χ0) is 9.52. The van der Waals surface area contributed by atoms with Crippen LogP contribution in [0.25, 0.3) is 0 Å². The molecule has 1 aliphatic rings. The molecule has 0 aliphatic heterocycles. The van der Waals surface area contributed by atoms with Crippen LogP contribution in [0.1, 0.15) is 27.7 Å². The van der Waals surface area contributed by atoms with Crippen LogP contribution in [0.2, 0.25) is 0 Å². The summed E-state index contributed by atoms with van der Waals surface area (Å²) in [6, 6.07) is 0. The molecule has 1 saturated carbocycles. The Morgan fingerprint density at radius 2 is 1.85 bits per heavy atom. The predicted octanol–water partition coefficient (Wildman–Crippen LogP) is 1.66. The Hall–Kier alpha value is 0.210. The monoisotopic (exact) mass is 192 g/mol. The zero-order valence-corrected chi connectivity index (χ0v) is 8.09. The number of carbonyl (C=O) groups is 1. The van der Waals surface area contributed by atoms with Crippen LogP contribution < -0.4 is 0 Å². The summed E-state index contributed by atoms with van der Waals surface area (Å²) in [6.07, 6.45) is 2.07. The van der Waals surface area contributed by atoms with E-state index in [1.165, 1.54) is 5.57 Å². The summed E-state index contributed by atoms with van der Waals surface area (Å²) in [5.74, 6) is -0.602. The first-order chi connectivity index (χ1) is 5.37. The van der Waals surface area contributed by atoms with E-state index in [4.69, 9.17) is 5.11 Å². The summed E-state index contributed by atoms with van der Waals surface area (Å²) in [5, 5.41) is 8.84. The Bertz CT molecular complexity index is 239. The second-order valence-electron chi connectivity index (χ2n) is 4.41. The summed E-state index contributed by atoms with van der Waals surface area (Å²) in [5.41, 5.74) is 1.17. The second-order valence-corrected chi connectivity index (χ2v) is 4.41. The topological polar surface area (TPSA) is 37.3 Å². The first kappa shape index (κ1) is 13.2. The molecular formula is C10H17NaO2. The molecule has 0 spiro atoms. The molecule has 1 aliphatic carbocycles. The van der Waals surface area contributed by atoms with Crippen LogP contribution in [-0.4, -0.2) is 40.6 Å². The van der Waals surface area contributed by atoms with Crippen molar-refractivity contribution in [3.8, 4) is 0 Å². The Labute approximate surface area is 102 Å². The molecule has 0 aromatic carbocycles. The summed E-state index contributed by atoms with van der Waals surface area (Å²) >= 11 is 0. The van der Waals surface area contributed by atoms with Gasteiger partial charge in [-0.2, -0.15) is 0 Å². The number of carboxylic acids is 1. The molecule has 0 bridgehead atoms. The molecule has 1 fully saturated rings. The molecule has 3 heteroatoms. The van der Waals surface area contributed by atoms with E-state index in [-0.39, 0.29) is 46.8 Å². The van der Waals surface area contributed by atoms with Gasteiger partial charge in [-0.05, 0) is 25.2 Å². The molecule has 0 saturated heterocycles. The van der Waals surface area contributed by atoms with Gasteiger partial charge < -0.3 is 5.11 Å². The maximum atomic E-state index is 10.7. The standard InChI is InChI=1S/C10H16O2.Na.H/c1-6(2)5-7-8(9(11)12)10(7,3)4;;/h5,7-8H,1-4H3,(H,11,12);;. The fourth-order valence-corrected chi connectivity index (χ4v) is 1.82. The van der Waals surface area contributed by atoms with Crippen molar-refractivity contribution < 1.29 is 9.90 Å². The van der Waals surface area contributed by atoms with E-state index < -0.39 is 5.97 Å². The zero-order valence-electron chi connectivity index (χ0n) is 8.09. The van der Waals surface area contributed by atoms with Gasteiger partial charge >= 0.3 is 35.5 Å². The molecule has 70 valence electrons. The van der Waals surface area contributed by atoms with Gasteiger partial charge in [0.15, 0.2) is 0 Å². The third-order valence-corrected chi connectivity index (χ3v) is 2.69. The van der Waals surface area contributed by atoms with Crippen molar-refractivity contribution in [2.45, 2.75) is 27.7 Å². The molecule has 0 radical (unpaired) electrons. The SMILES string of the molecule is CC(C)=CC1C(C(=O)O)C1(C)C.[NaH]. The van der Waals surface area contributed by atoms with E-state index in [9.17, 15) is 4.79 Å². The molecule has 2 unspecified atom stereocenters. The average molecular weight is 192 g/mol. The van der Waals surface area contributed by atoms with Crippen LogP contribution in [0.3, 0.4) is 0 Å². The molecule has 13 heavy (non-hydrogen) atoms. The van der Waals surface area contributed by atoms with Gasteiger partial charge in [-0.15, -0.1) is 0 Å². The van der Waals surface area contributed by atoms with Crippen molar-refractivity contribution in [1.82, 2.24) is 0 Å². The molecule has 0 amide bonds. The van der Waals surface area contributed by atoms with Crippen LogP contribution in [0.4, 0.5) is 0 Å². The molecule has 0 heterocycles. The molecule has 1 rings (SSSR count). The average Bonchev–Trinajstić information content (AvgIpc) is 2.32. The Morgan fingerprint density at radius 1 is 1.38 bits per heavy atom. The van der Waals surface area contributed by atoms with Crippen LogP contribution in [0.5, 0.6) is 0 Å². The second kappa shape index (κ2) is 4.16. The van der Waals surface area contributed by atoms with Gasteiger partial charge in [0.25, 0.3) is 0 Å².